The first-order valence-corrected chi connectivity index (χ1v) is 5.75. The number of aliphatic carboxylic acids is 1. The lowest BCUT2D eigenvalue weighted by molar-refractivity contribution is -0.198. The average Bonchev–Trinajstić information content (AvgIpc) is 2.13. The topological polar surface area (TPSA) is 40.5 Å². The van der Waals surface area contributed by atoms with Crippen LogP contribution in [-0.2, 0) is 4.79 Å². The SMILES string of the molecule is CC1CCN(CC(C(=O)O)C(F)(F)F)C(C)C1. The van der Waals surface area contributed by atoms with Crippen LogP contribution in [0.5, 0.6) is 0 Å². The number of halogens is 3. The van der Waals surface area contributed by atoms with Crippen molar-refractivity contribution < 1.29 is 23.1 Å². The second kappa shape index (κ2) is 5.25. The van der Waals surface area contributed by atoms with E-state index in [9.17, 15) is 18.0 Å². The van der Waals surface area contributed by atoms with Crippen LogP contribution in [0.25, 0.3) is 0 Å². The molecule has 1 saturated heterocycles. The molecule has 1 aliphatic rings. The summed E-state index contributed by atoms with van der Waals surface area (Å²) < 4.78 is 37.6. The summed E-state index contributed by atoms with van der Waals surface area (Å²) in [5, 5.41) is 8.63. The maximum Gasteiger partial charge on any atom is 0.403 e. The Labute approximate surface area is 98.6 Å². The lowest BCUT2D eigenvalue weighted by Gasteiger charge is -2.38. The molecule has 1 aliphatic heterocycles. The normalized spacial score (nSPS) is 29.0. The van der Waals surface area contributed by atoms with Gasteiger partial charge in [-0.2, -0.15) is 13.2 Å². The van der Waals surface area contributed by atoms with Gasteiger partial charge in [-0.1, -0.05) is 6.92 Å². The monoisotopic (exact) mass is 253 g/mol. The first kappa shape index (κ1) is 14.3. The number of carbonyl (C=O) groups is 1. The molecule has 100 valence electrons. The number of hydrogen-bond donors (Lipinski definition) is 1. The zero-order valence-corrected chi connectivity index (χ0v) is 10.00. The van der Waals surface area contributed by atoms with Crippen LogP contribution in [0.3, 0.4) is 0 Å². The van der Waals surface area contributed by atoms with Crippen molar-refractivity contribution >= 4 is 5.97 Å². The highest BCUT2D eigenvalue weighted by Gasteiger charge is 2.46. The quantitative estimate of drug-likeness (QED) is 0.839. The van der Waals surface area contributed by atoms with Crippen LogP contribution in [0.4, 0.5) is 13.2 Å². The van der Waals surface area contributed by atoms with Gasteiger partial charge in [0, 0.05) is 12.6 Å². The van der Waals surface area contributed by atoms with Gasteiger partial charge in [0.25, 0.3) is 0 Å². The molecule has 0 spiro atoms. The van der Waals surface area contributed by atoms with Gasteiger partial charge in [0.15, 0.2) is 5.92 Å². The zero-order valence-electron chi connectivity index (χ0n) is 10.00. The molecule has 0 aromatic heterocycles. The van der Waals surface area contributed by atoms with Gasteiger partial charge in [-0.05, 0) is 32.2 Å². The molecule has 0 aliphatic carbocycles. The summed E-state index contributed by atoms with van der Waals surface area (Å²) in [4.78, 5) is 12.3. The van der Waals surface area contributed by atoms with Crippen molar-refractivity contribution in [2.24, 2.45) is 11.8 Å². The fraction of sp³-hybridized carbons (Fsp3) is 0.909. The molecule has 3 atom stereocenters. The second-order valence-corrected chi connectivity index (χ2v) is 4.91. The van der Waals surface area contributed by atoms with Crippen LogP contribution < -0.4 is 0 Å². The molecule has 0 radical (unpaired) electrons. The van der Waals surface area contributed by atoms with Crippen molar-refractivity contribution in [3.63, 3.8) is 0 Å². The van der Waals surface area contributed by atoms with Crippen molar-refractivity contribution in [1.29, 1.82) is 0 Å². The summed E-state index contributed by atoms with van der Waals surface area (Å²) in [6, 6.07) is 0.0166. The minimum atomic E-state index is -4.67. The van der Waals surface area contributed by atoms with E-state index in [0.29, 0.717) is 12.5 Å². The third-order valence-corrected chi connectivity index (χ3v) is 3.39. The third-order valence-electron chi connectivity index (χ3n) is 3.39. The van der Waals surface area contributed by atoms with Gasteiger partial charge in [-0.3, -0.25) is 9.69 Å². The Bertz CT molecular complexity index is 280. The number of rotatable bonds is 3. The van der Waals surface area contributed by atoms with Gasteiger partial charge < -0.3 is 5.11 Å². The molecule has 1 N–H and O–H groups in total. The Morgan fingerprint density at radius 1 is 1.47 bits per heavy atom. The zero-order chi connectivity index (χ0) is 13.2. The van der Waals surface area contributed by atoms with Crippen LogP contribution in [0.1, 0.15) is 26.7 Å². The van der Waals surface area contributed by atoms with E-state index in [1.165, 1.54) is 0 Å². The highest BCUT2D eigenvalue weighted by molar-refractivity contribution is 5.71. The summed E-state index contributed by atoms with van der Waals surface area (Å²) in [6.07, 6.45) is -3.02. The molecule has 17 heavy (non-hydrogen) atoms. The number of alkyl halides is 3. The van der Waals surface area contributed by atoms with Gasteiger partial charge in [0.1, 0.15) is 0 Å². The molecule has 0 aromatic carbocycles. The minimum Gasteiger partial charge on any atom is -0.481 e. The molecule has 3 unspecified atom stereocenters. The smallest absolute Gasteiger partial charge is 0.403 e. The van der Waals surface area contributed by atoms with Crippen LogP contribution in [0.15, 0.2) is 0 Å². The van der Waals surface area contributed by atoms with E-state index in [2.05, 4.69) is 6.92 Å². The molecule has 0 amide bonds. The van der Waals surface area contributed by atoms with E-state index in [0.717, 1.165) is 12.8 Å². The predicted molar refractivity (Wildman–Crippen MR) is 56.6 cm³/mol. The van der Waals surface area contributed by atoms with Crippen LogP contribution >= 0.6 is 0 Å². The Balaban J connectivity index is 2.65. The van der Waals surface area contributed by atoms with Crippen molar-refractivity contribution in [2.75, 3.05) is 13.1 Å². The van der Waals surface area contributed by atoms with Gasteiger partial charge in [-0.15, -0.1) is 0 Å². The molecular weight excluding hydrogens is 235 g/mol. The molecule has 0 bridgehead atoms. The second-order valence-electron chi connectivity index (χ2n) is 4.91. The first-order chi connectivity index (χ1) is 7.71. The van der Waals surface area contributed by atoms with Gasteiger partial charge in [-0.25, -0.2) is 0 Å². The van der Waals surface area contributed by atoms with Crippen LogP contribution in [-0.4, -0.2) is 41.3 Å². The maximum atomic E-state index is 12.5. The number of likely N-dealkylation sites (tertiary alicyclic amines) is 1. The van der Waals surface area contributed by atoms with E-state index in [-0.39, 0.29) is 6.04 Å². The van der Waals surface area contributed by atoms with Crippen molar-refractivity contribution in [3.8, 4) is 0 Å². The molecule has 0 saturated carbocycles. The summed E-state index contributed by atoms with van der Waals surface area (Å²) in [5.41, 5.74) is 0. The first-order valence-electron chi connectivity index (χ1n) is 5.75. The van der Waals surface area contributed by atoms with E-state index < -0.39 is 24.6 Å². The summed E-state index contributed by atoms with van der Waals surface area (Å²) in [6.45, 7) is 4.02. The molecule has 3 nitrogen and oxygen atoms in total. The number of hydrogen-bond acceptors (Lipinski definition) is 2. The summed E-state index contributed by atoms with van der Waals surface area (Å²) in [7, 11) is 0. The fourth-order valence-corrected chi connectivity index (χ4v) is 2.28. The van der Waals surface area contributed by atoms with Gasteiger partial charge >= 0.3 is 12.1 Å². The number of carboxylic acids is 1. The third kappa shape index (κ3) is 3.87. The van der Waals surface area contributed by atoms with E-state index in [1.807, 2.05) is 6.92 Å². The largest absolute Gasteiger partial charge is 0.481 e. The lowest BCUT2D eigenvalue weighted by Crippen LogP contribution is -2.47. The summed E-state index contributed by atoms with van der Waals surface area (Å²) >= 11 is 0. The summed E-state index contributed by atoms with van der Waals surface area (Å²) in [5.74, 6) is -3.57. The Hall–Kier alpha value is -0.780. The highest BCUT2D eigenvalue weighted by atomic mass is 19.4. The lowest BCUT2D eigenvalue weighted by atomic mass is 9.92. The standard InChI is InChI=1S/C11H18F3NO2/c1-7-3-4-15(8(2)5-7)6-9(10(16)17)11(12,13)14/h7-9H,3-6H2,1-2H3,(H,16,17). The van der Waals surface area contributed by atoms with E-state index >= 15 is 0 Å². The number of carboxylic acid groups (broad SMARTS) is 1. The fourth-order valence-electron chi connectivity index (χ4n) is 2.28. The number of piperidine rings is 1. The average molecular weight is 253 g/mol. The molecule has 1 rings (SSSR count). The van der Waals surface area contributed by atoms with E-state index in [4.69, 9.17) is 5.11 Å². The molecule has 6 heteroatoms. The van der Waals surface area contributed by atoms with Crippen molar-refractivity contribution in [3.05, 3.63) is 0 Å². The van der Waals surface area contributed by atoms with E-state index in [1.54, 1.807) is 4.90 Å². The molecule has 1 heterocycles. The molecule has 1 fully saturated rings. The highest BCUT2D eigenvalue weighted by Crippen LogP contribution is 2.30. The minimum absolute atomic E-state index is 0.0166. The van der Waals surface area contributed by atoms with Crippen molar-refractivity contribution in [1.82, 2.24) is 4.90 Å². The van der Waals surface area contributed by atoms with Gasteiger partial charge in [0.05, 0.1) is 0 Å². The molecular formula is C11H18F3NO2. The molecule has 0 aromatic rings. The van der Waals surface area contributed by atoms with Crippen molar-refractivity contribution in [2.45, 2.75) is 38.9 Å². The Morgan fingerprint density at radius 3 is 2.47 bits per heavy atom. The Morgan fingerprint density at radius 2 is 2.06 bits per heavy atom. The van der Waals surface area contributed by atoms with Gasteiger partial charge in [0.2, 0.25) is 0 Å². The maximum absolute atomic E-state index is 12.5. The Kier molecular flexibility index (Phi) is 4.41. The van der Waals surface area contributed by atoms with Crippen LogP contribution in [0, 0.1) is 11.8 Å². The van der Waals surface area contributed by atoms with Crippen LogP contribution in [0.2, 0.25) is 0 Å². The predicted octanol–water partition coefficient (Wildman–Crippen LogP) is 2.37. The number of nitrogens with zero attached hydrogens (tertiary/aromatic N) is 1.